The van der Waals surface area contributed by atoms with Gasteiger partial charge in [-0.25, -0.2) is 17.5 Å². The predicted molar refractivity (Wildman–Crippen MR) is 78.2 cm³/mol. The Morgan fingerprint density at radius 1 is 1.33 bits per heavy atom. The zero-order chi connectivity index (χ0) is 16.3. The first kappa shape index (κ1) is 18.0. The van der Waals surface area contributed by atoms with E-state index in [9.17, 15) is 17.9 Å². The molecule has 0 aliphatic carbocycles. The van der Waals surface area contributed by atoms with Gasteiger partial charge in [-0.05, 0) is 44.0 Å². The van der Waals surface area contributed by atoms with Crippen molar-refractivity contribution in [1.29, 1.82) is 0 Å². The van der Waals surface area contributed by atoms with Crippen molar-refractivity contribution in [3.8, 4) is 0 Å². The Morgan fingerprint density at radius 3 is 2.33 bits per heavy atom. The van der Waals surface area contributed by atoms with E-state index in [1.807, 2.05) is 0 Å². The van der Waals surface area contributed by atoms with Gasteiger partial charge in [0, 0.05) is 26.7 Å². The molecule has 1 rings (SSSR count). The molecule has 7 heteroatoms. The number of ether oxygens (including phenoxy) is 1. The third kappa shape index (κ3) is 5.03. The summed E-state index contributed by atoms with van der Waals surface area (Å²) in [5.74, 6) is -0.476. The minimum Gasteiger partial charge on any atom is -0.389 e. The van der Waals surface area contributed by atoms with Crippen LogP contribution in [0.2, 0.25) is 0 Å². The molecule has 0 aliphatic heterocycles. The van der Waals surface area contributed by atoms with Gasteiger partial charge >= 0.3 is 0 Å². The Bertz CT molecular complexity index is 576. The molecule has 0 saturated carbocycles. The van der Waals surface area contributed by atoms with Crippen LogP contribution in [0.15, 0.2) is 17.0 Å². The topological polar surface area (TPSA) is 75.6 Å². The third-order valence-corrected chi connectivity index (χ3v) is 4.89. The fraction of sp³-hybridized carbons (Fsp3) is 0.571. The highest BCUT2D eigenvalue weighted by molar-refractivity contribution is 7.89. The van der Waals surface area contributed by atoms with E-state index >= 15 is 0 Å². The van der Waals surface area contributed by atoms with E-state index in [4.69, 9.17) is 4.74 Å². The van der Waals surface area contributed by atoms with Crippen LogP contribution in [0.1, 0.15) is 24.5 Å². The van der Waals surface area contributed by atoms with E-state index in [1.54, 1.807) is 0 Å². The molecule has 1 unspecified atom stereocenters. The monoisotopic (exact) mass is 319 g/mol. The Kier molecular flexibility index (Phi) is 5.86. The summed E-state index contributed by atoms with van der Waals surface area (Å²) in [5, 5.41) is 10.1. The minimum atomic E-state index is -3.81. The van der Waals surface area contributed by atoms with Gasteiger partial charge in [0.2, 0.25) is 10.0 Å². The number of aryl methyl sites for hydroxylation is 2. The van der Waals surface area contributed by atoms with Gasteiger partial charge in [0.05, 0.1) is 10.5 Å². The molecule has 120 valence electrons. The molecule has 0 bridgehead atoms. The summed E-state index contributed by atoms with van der Waals surface area (Å²) in [5.41, 5.74) is -0.557. The molecule has 1 aromatic rings. The maximum absolute atomic E-state index is 13.2. The highest BCUT2D eigenvalue weighted by Crippen LogP contribution is 2.21. The number of rotatable bonds is 7. The van der Waals surface area contributed by atoms with Gasteiger partial charge in [-0.15, -0.1) is 0 Å². The Morgan fingerprint density at radius 2 is 1.86 bits per heavy atom. The molecule has 5 nitrogen and oxygen atoms in total. The van der Waals surface area contributed by atoms with E-state index in [0.29, 0.717) is 24.2 Å². The lowest BCUT2D eigenvalue weighted by molar-refractivity contribution is 0.0292. The summed E-state index contributed by atoms with van der Waals surface area (Å²) < 4.78 is 45.1. The van der Waals surface area contributed by atoms with Crippen LogP contribution in [-0.2, 0) is 14.8 Å². The van der Waals surface area contributed by atoms with Gasteiger partial charge in [0.15, 0.2) is 0 Å². The molecular formula is C14H22FNO4S. The molecule has 0 amide bonds. The molecule has 1 atom stereocenters. The molecule has 0 fully saturated rings. The second-order valence-corrected chi connectivity index (χ2v) is 7.14. The molecule has 0 heterocycles. The molecule has 0 saturated heterocycles. The Hall–Kier alpha value is -1.02. The standard InChI is InChI=1S/C14H22FNO4S/c1-10-7-12(15)8-11(2)13(10)21(18,19)16-9-14(3,17)5-6-20-4/h7-8,16-17H,5-6,9H2,1-4H3. The average Bonchev–Trinajstić information content (AvgIpc) is 2.33. The lowest BCUT2D eigenvalue weighted by Gasteiger charge is -2.23. The van der Waals surface area contributed by atoms with Crippen molar-refractivity contribution in [2.45, 2.75) is 37.7 Å². The third-order valence-electron chi connectivity index (χ3n) is 3.18. The first-order chi connectivity index (χ1) is 9.59. The van der Waals surface area contributed by atoms with Crippen LogP contribution in [0.5, 0.6) is 0 Å². The number of halogens is 1. The van der Waals surface area contributed by atoms with E-state index in [0.717, 1.165) is 0 Å². The van der Waals surface area contributed by atoms with Crippen molar-refractivity contribution in [3.63, 3.8) is 0 Å². The number of benzene rings is 1. The first-order valence-corrected chi connectivity index (χ1v) is 8.05. The zero-order valence-corrected chi connectivity index (χ0v) is 13.6. The fourth-order valence-electron chi connectivity index (χ4n) is 2.05. The van der Waals surface area contributed by atoms with Gasteiger partial charge in [-0.1, -0.05) is 0 Å². The van der Waals surface area contributed by atoms with Crippen molar-refractivity contribution in [2.24, 2.45) is 0 Å². The molecule has 1 aromatic carbocycles. The van der Waals surface area contributed by atoms with E-state index < -0.39 is 21.4 Å². The molecule has 21 heavy (non-hydrogen) atoms. The van der Waals surface area contributed by atoms with Crippen molar-refractivity contribution < 1.29 is 22.7 Å². The van der Waals surface area contributed by atoms with Crippen LogP contribution in [-0.4, -0.2) is 39.4 Å². The van der Waals surface area contributed by atoms with Crippen LogP contribution in [0, 0.1) is 19.7 Å². The summed E-state index contributed by atoms with van der Waals surface area (Å²) >= 11 is 0. The molecular weight excluding hydrogens is 297 g/mol. The molecule has 0 spiro atoms. The molecule has 0 aromatic heterocycles. The number of nitrogens with one attached hydrogen (secondary N) is 1. The average molecular weight is 319 g/mol. The number of aliphatic hydroxyl groups is 1. The van der Waals surface area contributed by atoms with E-state index in [-0.39, 0.29) is 11.4 Å². The highest BCUT2D eigenvalue weighted by Gasteiger charge is 2.26. The summed E-state index contributed by atoms with van der Waals surface area (Å²) in [4.78, 5) is 0.0476. The van der Waals surface area contributed by atoms with Crippen LogP contribution < -0.4 is 4.72 Å². The van der Waals surface area contributed by atoms with Crippen LogP contribution in [0.25, 0.3) is 0 Å². The largest absolute Gasteiger partial charge is 0.389 e. The van der Waals surface area contributed by atoms with Gasteiger partial charge < -0.3 is 9.84 Å². The molecule has 2 N–H and O–H groups in total. The summed E-state index contributed by atoms with van der Waals surface area (Å²) in [6.07, 6.45) is 0.299. The van der Waals surface area contributed by atoms with Crippen molar-refractivity contribution >= 4 is 10.0 Å². The van der Waals surface area contributed by atoms with Crippen LogP contribution in [0.4, 0.5) is 4.39 Å². The summed E-state index contributed by atoms with van der Waals surface area (Å²) in [6.45, 7) is 4.78. The quantitative estimate of drug-likeness (QED) is 0.799. The van der Waals surface area contributed by atoms with Crippen molar-refractivity contribution in [1.82, 2.24) is 4.72 Å². The number of hydrogen-bond donors (Lipinski definition) is 2. The van der Waals surface area contributed by atoms with E-state index in [2.05, 4.69) is 4.72 Å². The number of methoxy groups -OCH3 is 1. The Labute approximate surface area is 125 Å². The SMILES string of the molecule is COCCC(C)(O)CNS(=O)(=O)c1c(C)cc(F)cc1C. The Balaban J connectivity index is 2.93. The van der Waals surface area contributed by atoms with Gasteiger partial charge in [-0.2, -0.15) is 0 Å². The number of sulfonamides is 1. The predicted octanol–water partition coefficient (Wildman–Crippen LogP) is 1.51. The van der Waals surface area contributed by atoms with Crippen LogP contribution >= 0.6 is 0 Å². The van der Waals surface area contributed by atoms with Crippen molar-refractivity contribution in [2.75, 3.05) is 20.3 Å². The highest BCUT2D eigenvalue weighted by atomic mass is 32.2. The maximum atomic E-state index is 13.2. The van der Waals surface area contributed by atoms with Gasteiger partial charge in [0.25, 0.3) is 0 Å². The fourth-order valence-corrected chi connectivity index (χ4v) is 3.67. The molecule has 0 aliphatic rings. The van der Waals surface area contributed by atoms with Crippen molar-refractivity contribution in [3.05, 3.63) is 29.1 Å². The van der Waals surface area contributed by atoms with Gasteiger partial charge in [-0.3, -0.25) is 0 Å². The summed E-state index contributed by atoms with van der Waals surface area (Å²) in [7, 11) is -2.31. The smallest absolute Gasteiger partial charge is 0.241 e. The second kappa shape index (κ2) is 6.83. The lowest BCUT2D eigenvalue weighted by atomic mass is 10.0. The number of hydrogen-bond acceptors (Lipinski definition) is 4. The summed E-state index contributed by atoms with van der Waals surface area (Å²) in [6, 6.07) is 2.34. The zero-order valence-electron chi connectivity index (χ0n) is 12.7. The normalized spacial score (nSPS) is 15.0. The second-order valence-electron chi connectivity index (χ2n) is 5.43. The van der Waals surface area contributed by atoms with Gasteiger partial charge in [0.1, 0.15) is 5.82 Å². The molecule has 0 radical (unpaired) electrons. The maximum Gasteiger partial charge on any atom is 0.241 e. The van der Waals surface area contributed by atoms with E-state index in [1.165, 1.54) is 40.0 Å². The lowest BCUT2D eigenvalue weighted by Crippen LogP contribution is -2.41. The minimum absolute atomic E-state index is 0.0476. The van der Waals surface area contributed by atoms with Crippen LogP contribution in [0.3, 0.4) is 0 Å². The first-order valence-electron chi connectivity index (χ1n) is 6.57.